The summed E-state index contributed by atoms with van der Waals surface area (Å²) in [4.78, 5) is 12.0. The number of anilines is 2. The molecule has 0 aliphatic carbocycles. The highest BCUT2D eigenvalue weighted by molar-refractivity contribution is 5.98. The van der Waals surface area contributed by atoms with Gasteiger partial charge in [-0.05, 0) is 5.92 Å². The van der Waals surface area contributed by atoms with Crippen molar-refractivity contribution >= 4 is 17.5 Å². The molecule has 0 atom stereocenters. The zero-order chi connectivity index (χ0) is 15.9. The number of hydrogen-bond donors (Lipinski definition) is 2. The van der Waals surface area contributed by atoms with Gasteiger partial charge in [0.1, 0.15) is 5.82 Å². The average Bonchev–Trinajstić information content (AvgIpc) is 3.06. The maximum atomic E-state index is 12.0. The van der Waals surface area contributed by atoms with Crippen molar-refractivity contribution < 1.29 is 9.53 Å². The van der Waals surface area contributed by atoms with Gasteiger partial charge in [-0.15, -0.1) is 0 Å². The average molecular weight is 306 g/mol. The molecule has 0 radical (unpaired) electrons. The number of aromatic nitrogens is 4. The molecule has 2 N–H and O–H groups in total. The van der Waals surface area contributed by atoms with E-state index in [0.717, 1.165) is 6.54 Å². The van der Waals surface area contributed by atoms with Crippen molar-refractivity contribution in [2.24, 2.45) is 5.92 Å². The van der Waals surface area contributed by atoms with Crippen LogP contribution in [0, 0.1) is 5.92 Å². The first-order valence-electron chi connectivity index (χ1n) is 7.19. The molecule has 0 saturated carbocycles. The number of rotatable bonds is 7. The van der Waals surface area contributed by atoms with Crippen LogP contribution in [-0.4, -0.2) is 39.3 Å². The number of methoxy groups -OCH3 is 1. The Morgan fingerprint density at radius 1 is 1.36 bits per heavy atom. The predicted molar refractivity (Wildman–Crippen MR) is 83.8 cm³/mol. The second-order valence-electron chi connectivity index (χ2n) is 5.36. The van der Waals surface area contributed by atoms with E-state index in [2.05, 4.69) is 34.7 Å². The first-order chi connectivity index (χ1) is 10.6. The minimum Gasteiger partial charge on any atom is -0.383 e. The monoisotopic (exact) mass is 306 g/mol. The molecule has 2 heterocycles. The summed E-state index contributed by atoms with van der Waals surface area (Å²) in [5, 5.41) is 13.9. The fraction of sp³-hybridized carbons (Fsp3) is 0.500. The van der Waals surface area contributed by atoms with Gasteiger partial charge in [0.05, 0.1) is 31.2 Å². The fourth-order valence-corrected chi connectivity index (χ4v) is 1.94. The number of urea groups is 1. The second-order valence-corrected chi connectivity index (χ2v) is 5.36. The SMILES string of the molecule is COCCn1cc(NC(=O)Nc2ccnn2CC(C)C)cn1. The van der Waals surface area contributed by atoms with Crippen LogP contribution in [0.3, 0.4) is 0 Å². The van der Waals surface area contributed by atoms with Gasteiger partial charge in [0.2, 0.25) is 0 Å². The van der Waals surface area contributed by atoms with Gasteiger partial charge in [0.15, 0.2) is 0 Å². The molecular formula is C14H22N6O2. The Morgan fingerprint density at radius 2 is 2.18 bits per heavy atom. The third-order valence-corrected chi connectivity index (χ3v) is 2.91. The van der Waals surface area contributed by atoms with Crippen molar-refractivity contribution in [1.82, 2.24) is 19.6 Å². The molecule has 0 saturated heterocycles. The van der Waals surface area contributed by atoms with Crippen LogP contribution in [0.5, 0.6) is 0 Å². The summed E-state index contributed by atoms with van der Waals surface area (Å²) < 4.78 is 8.46. The Labute approximate surface area is 129 Å². The minimum absolute atomic E-state index is 0.322. The molecule has 0 unspecified atom stereocenters. The number of carbonyl (C=O) groups excluding carboxylic acids is 1. The molecule has 2 aromatic rings. The Hall–Kier alpha value is -2.35. The molecule has 0 aromatic carbocycles. The molecule has 0 aliphatic rings. The largest absolute Gasteiger partial charge is 0.383 e. The molecule has 2 amide bonds. The summed E-state index contributed by atoms with van der Waals surface area (Å²) in [5.74, 6) is 1.11. The summed E-state index contributed by atoms with van der Waals surface area (Å²) in [6, 6.07) is 1.45. The highest BCUT2D eigenvalue weighted by Gasteiger charge is 2.09. The van der Waals surface area contributed by atoms with E-state index < -0.39 is 0 Å². The topological polar surface area (TPSA) is 86.0 Å². The lowest BCUT2D eigenvalue weighted by Gasteiger charge is -2.11. The smallest absolute Gasteiger partial charge is 0.324 e. The van der Waals surface area contributed by atoms with Gasteiger partial charge in [-0.3, -0.25) is 10.00 Å². The number of hydrogen-bond acceptors (Lipinski definition) is 4. The minimum atomic E-state index is -0.322. The fourth-order valence-electron chi connectivity index (χ4n) is 1.94. The van der Waals surface area contributed by atoms with E-state index in [4.69, 9.17) is 4.74 Å². The Kier molecular flexibility index (Phi) is 5.54. The van der Waals surface area contributed by atoms with Crippen molar-refractivity contribution in [2.45, 2.75) is 26.9 Å². The van der Waals surface area contributed by atoms with Crippen LogP contribution in [0.2, 0.25) is 0 Å². The molecule has 2 aromatic heterocycles. The van der Waals surface area contributed by atoms with Gasteiger partial charge in [0.25, 0.3) is 0 Å². The molecule has 0 spiro atoms. The molecule has 8 nitrogen and oxygen atoms in total. The van der Waals surface area contributed by atoms with Crippen molar-refractivity contribution in [3.8, 4) is 0 Å². The van der Waals surface area contributed by atoms with Crippen LogP contribution < -0.4 is 10.6 Å². The van der Waals surface area contributed by atoms with E-state index in [1.165, 1.54) is 0 Å². The molecule has 22 heavy (non-hydrogen) atoms. The van der Waals surface area contributed by atoms with Gasteiger partial charge in [0, 0.05) is 25.9 Å². The molecule has 0 bridgehead atoms. The van der Waals surface area contributed by atoms with Crippen LogP contribution >= 0.6 is 0 Å². The standard InChI is InChI=1S/C14H22N6O2/c1-11(2)9-20-13(4-5-15-20)18-14(21)17-12-8-16-19(10-12)6-7-22-3/h4-5,8,10-11H,6-7,9H2,1-3H3,(H2,17,18,21). The lowest BCUT2D eigenvalue weighted by atomic mass is 10.2. The normalized spacial score (nSPS) is 10.9. The Bertz CT molecular complexity index is 604. The van der Waals surface area contributed by atoms with Gasteiger partial charge >= 0.3 is 6.03 Å². The van der Waals surface area contributed by atoms with Crippen molar-refractivity contribution in [1.29, 1.82) is 0 Å². The van der Waals surface area contributed by atoms with Crippen LogP contribution in [0.4, 0.5) is 16.3 Å². The van der Waals surface area contributed by atoms with Crippen molar-refractivity contribution in [3.63, 3.8) is 0 Å². The second kappa shape index (κ2) is 7.60. The van der Waals surface area contributed by atoms with Crippen LogP contribution in [0.1, 0.15) is 13.8 Å². The third-order valence-electron chi connectivity index (χ3n) is 2.91. The first-order valence-corrected chi connectivity index (χ1v) is 7.19. The van der Waals surface area contributed by atoms with E-state index in [1.54, 1.807) is 41.1 Å². The lowest BCUT2D eigenvalue weighted by Crippen LogP contribution is -2.22. The summed E-state index contributed by atoms with van der Waals surface area (Å²) >= 11 is 0. The van der Waals surface area contributed by atoms with E-state index >= 15 is 0 Å². The van der Waals surface area contributed by atoms with Gasteiger partial charge in [-0.1, -0.05) is 13.8 Å². The Balaban J connectivity index is 1.90. The Morgan fingerprint density at radius 3 is 2.91 bits per heavy atom. The van der Waals surface area contributed by atoms with Crippen molar-refractivity contribution in [3.05, 3.63) is 24.7 Å². The summed E-state index contributed by atoms with van der Waals surface area (Å²) in [6.45, 7) is 6.15. The van der Waals surface area contributed by atoms with E-state index in [1.807, 2.05) is 0 Å². The van der Waals surface area contributed by atoms with E-state index in [-0.39, 0.29) is 6.03 Å². The molecule has 0 aliphatic heterocycles. The number of amides is 2. The molecule has 2 rings (SSSR count). The van der Waals surface area contributed by atoms with Crippen LogP contribution in [0.15, 0.2) is 24.7 Å². The zero-order valence-corrected chi connectivity index (χ0v) is 13.1. The zero-order valence-electron chi connectivity index (χ0n) is 13.1. The number of carbonyl (C=O) groups is 1. The highest BCUT2D eigenvalue weighted by Crippen LogP contribution is 2.11. The maximum absolute atomic E-state index is 12.0. The third kappa shape index (κ3) is 4.59. The summed E-state index contributed by atoms with van der Waals surface area (Å²) in [6.07, 6.45) is 5.02. The van der Waals surface area contributed by atoms with Gasteiger partial charge in [-0.2, -0.15) is 10.2 Å². The maximum Gasteiger partial charge on any atom is 0.324 e. The molecule has 120 valence electrons. The molecular weight excluding hydrogens is 284 g/mol. The predicted octanol–water partition coefficient (Wildman–Crippen LogP) is 2.03. The lowest BCUT2D eigenvalue weighted by molar-refractivity contribution is 0.183. The molecule has 0 fully saturated rings. The van der Waals surface area contributed by atoms with Crippen LogP contribution in [-0.2, 0) is 17.8 Å². The highest BCUT2D eigenvalue weighted by atomic mass is 16.5. The number of ether oxygens (including phenoxy) is 1. The van der Waals surface area contributed by atoms with Gasteiger partial charge < -0.3 is 10.1 Å². The summed E-state index contributed by atoms with van der Waals surface area (Å²) in [5.41, 5.74) is 0.628. The van der Waals surface area contributed by atoms with E-state index in [0.29, 0.717) is 30.6 Å². The number of nitrogens with one attached hydrogen (secondary N) is 2. The first kappa shape index (κ1) is 16.0. The number of nitrogens with zero attached hydrogens (tertiary/aromatic N) is 4. The van der Waals surface area contributed by atoms with Gasteiger partial charge in [-0.25, -0.2) is 9.48 Å². The summed E-state index contributed by atoms with van der Waals surface area (Å²) in [7, 11) is 1.64. The van der Waals surface area contributed by atoms with Crippen LogP contribution in [0.25, 0.3) is 0 Å². The van der Waals surface area contributed by atoms with E-state index in [9.17, 15) is 4.79 Å². The molecule has 8 heteroatoms. The van der Waals surface area contributed by atoms with Crippen molar-refractivity contribution in [2.75, 3.05) is 24.4 Å². The quantitative estimate of drug-likeness (QED) is 0.819.